The molecule has 2 aromatic carbocycles. The normalized spacial score (nSPS) is 23.4. The lowest BCUT2D eigenvalue weighted by Gasteiger charge is -2.10. The summed E-state index contributed by atoms with van der Waals surface area (Å²) in [6, 6.07) is 20.3. The molecular weight excluding hydrogens is 322 g/mol. The summed E-state index contributed by atoms with van der Waals surface area (Å²) in [5.74, 6) is 0.144. The molecule has 0 N–H and O–H groups in total. The number of nitriles is 3. The van der Waals surface area contributed by atoms with Crippen LogP contribution in [0.3, 0.4) is 0 Å². The van der Waals surface area contributed by atoms with Crippen molar-refractivity contribution in [3.8, 4) is 24.0 Å². The minimum Gasteiger partial charge on any atom is -0.497 e. The summed E-state index contributed by atoms with van der Waals surface area (Å²) in [4.78, 5) is 0. The standard InChI is InChI=1S/C19H12ClN3O/c1-24-16-8-2-13(3-9-16)17-18(10-21,11-22)19(17,12-23)14-4-6-15(20)7-5-14/h2-9,17H,1H3/t17-,19-/m1/s1. The SMILES string of the molecule is COc1ccc([C@@H]2C(C#N)(C#N)[C@]2(C#N)c2ccc(Cl)cc2)cc1. The van der Waals surface area contributed by atoms with Gasteiger partial charge in [0, 0.05) is 10.9 Å². The molecule has 0 spiro atoms. The topological polar surface area (TPSA) is 80.6 Å². The van der Waals surface area contributed by atoms with Crippen LogP contribution in [0.1, 0.15) is 17.0 Å². The molecule has 116 valence electrons. The highest BCUT2D eigenvalue weighted by Gasteiger charge is 2.81. The van der Waals surface area contributed by atoms with Crippen LogP contribution in [0.25, 0.3) is 0 Å². The Bertz CT molecular complexity index is 886. The van der Waals surface area contributed by atoms with Gasteiger partial charge in [-0.2, -0.15) is 15.8 Å². The highest BCUT2D eigenvalue weighted by atomic mass is 35.5. The summed E-state index contributed by atoms with van der Waals surface area (Å²) >= 11 is 5.92. The van der Waals surface area contributed by atoms with Gasteiger partial charge in [-0.15, -0.1) is 0 Å². The van der Waals surface area contributed by atoms with Crippen molar-refractivity contribution >= 4 is 11.6 Å². The predicted molar refractivity (Wildman–Crippen MR) is 88.1 cm³/mol. The lowest BCUT2D eigenvalue weighted by atomic mass is 9.88. The number of rotatable bonds is 3. The number of hydrogen-bond donors (Lipinski definition) is 0. The van der Waals surface area contributed by atoms with E-state index in [1.54, 1.807) is 55.6 Å². The van der Waals surface area contributed by atoms with E-state index in [1.807, 2.05) is 0 Å². The maximum atomic E-state index is 9.90. The van der Waals surface area contributed by atoms with Crippen LogP contribution < -0.4 is 4.74 Å². The van der Waals surface area contributed by atoms with Gasteiger partial charge in [0.25, 0.3) is 0 Å². The van der Waals surface area contributed by atoms with Crippen LogP contribution in [0.2, 0.25) is 5.02 Å². The number of hydrogen-bond acceptors (Lipinski definition) is 4. The Balaban J connectivity index is 2.17. The monoisotopic (exact) mass is 333 g/mol. The predicted octanol–water partition coefficient (Wildman–Crippen LogP) is 3.94. The molecule has 0 amide bonds. The Hall–Kier alpha value is -3.00. The molecule has 24 heavy (non-hydrogen) atoms. The second kappa shape index (κ2) is 5.57. The first-order valence-electron chi connectivity index (χ1n) is 7.23. The maximum Gasteiger partial charge on any atom is 0.175 e. The largest absolute Gasteiger partial charge is 0.497 e. The lowest BCUT2D eigenvalue weighted by molar-refractivity contribution is 0.414. The van der Waals surface area contributed by atoms with Crippen LogP contribution in [0.4, 0.5) is 0 Å². The molecular formula is C19H12ClN3O. The average Bonchev–Trinajstić information content (AvgIpc) is 3.26. The summed E-state index contributed by atoms with van der Waals surface area (Å²) in [6.07, 6.45) is 0. The van der Waals surface area contributed by atoms with Crippen molar-refractivity contribution in [3.05, 3.63) is 64.7 Å². The van der Waals surface area contributed by atoms with Gasteiger partial charge in [0.2, 0.25) is 0 Å². The molecule has 4 nitrogen and oxygen atoms in total. The van der Waals surface area contributed by atoms with Gasteiger partial charge in [0.1, 0.15) is 11.2 Å². The van der Waals surface area contributed by atoms with Crippen molar-refractivity contribution in [2.75, 3.05) is 7.11 Å². The van der Waals surface area contributed by atoms with Crippen LogP contribution in [0, 0.1) is 39.4 Å². The molecule has 0 saturated heterocycles. The van der Waals surface area contributed by atoms with Gasteiger partial charge in [-0.1, -0.05) is 35.9 Å². The minimum absolute atomic E-state index is 0.530. The third-order valence-corrected chi connectivity index (χ3v) is 4.93. The second-order valence-corrected chi connectivity index (χ2v) is 6.10. The quantitative estimate of drug-likeness (QED) is 0.851. The molecule has 2 aromatic rings. The van der Waals surface area contributed by atoms with Crippen molar-refractivity contribution in [2.24, 2.45) is 5.41 Å². The van der Waals surface area contributed by atoms with Gasteiger partial charge in [0.05, 0.1) is 25.3 Å². The van der Waals surface area contributed by atoms with Crippen LogP contribution >= 0.6 is 11.6 Å². The maximum absolute atomic E-state index is 9.90. The number of nitrogens with zero attached hydrogens (tertiary/aromatic N) is 3. The molecule has 1 aliphatic rings. The fourth-order valence-electron chi connectivity index (χ4n) is 3.43. The Morgan fingerprint density at radius 1 is 0.917 bits per heavy atom. The third-order valence-electron chi connectivity index (χ3n) is 4.68. The Morgan fingerprint density at radius 2 is 1.50 bits per heavy atom. The van der Waals surface area contributed by atoms with Crippen molar-refractivity contribution in [3.63, 3.8) is 0 Å². The van der Waals surface area contributed by atoms with E-state index in [1.165, 1.54) is 0 Å². The van der Waals surface area contributed by atoms with Gasteiger partial charge in [-0.05, 0) is 35.4 Å². The zero-order chi connectivity index (χ0) is 17.4. The van der Waals surface area contributed by atoms with Crippen molar-refractivity contribution in [1.29, 1.82) is 15.8 Å². The molecule has 5 heteroatoms. The second-order valence-electron chi connectivity index (χ2n) is 5.66. The third kappa shape index (κ3) is 1.89. The number of methoxy groups -OCH3 is 1. The minimum atomic E-state index is -1.43. The first kappa shape index (κ1) is 15.9. The summed E-state index contributed by atoms with van der Waals surface area (Å²) in [7, 11) is 1.56. The van der Waals surface area contributed by atoms with Gasteiger partial charge < -0.3 is 4.74 Å². The molecule has 3 rings (SSSR count). The van der Waals surface area contributed by atoms with E-state index < -0.39 is 16.7 Å². The molecule has 0 unspecified atom stereocenters. The summed E-state index contributed by atoms with van der Waals surface area (Å²) in [6.45, 7) is 0. The first-order valence-corrected chi connectivity index (χ1v) is 7.61. The number of benzene rings is 2. The van der Waals surface area contributed by atoms with E-state index in [-0.39, 0.29) is 0 Å². The van der Waals surface area contributed by atoms with E-state index >= 15 is 0 Å². The molecule has 1 aliphatic carbocycles. The fraction of sp³-hybridized carbons (Fsp3) is 0.211. The molecule has 0 aromatic heterocycles. The van der Waals surface area contributed by atoms with Gasteiger partial charge in [0.15, 0.2) is 5.41 Å². The van der Waals surface area contributed by atoms with Gasteiger partial charge in [-0.3, -0.25) is 0 Å². The van der Waals surface area contributed by atoms with E-state index in [4.69, 9.17) is 16.3 Å². The Morgan fingerprint density at radius 3 is 1.96 bits per heavy atom. The van der Waals surface area contributed by atoms with E-state index in [0.29, 0.717) is 16.3 Å². The van der Waals surface area contributed by atoms with E-state index in [9.17, 15) is 15.8 Å². The zero-order valence-corrected chi connectivity index (χ0v) is 13.6. The fourth-order valence-corrected chi connectivity index (χ4v) is 3.55. The zero-order valence-electron chi connectivity index (χ0n) is 12.8. The molecule has 0 heterocycles. The molecule has 1 fully saturated rings. The molecule has 0 bridgehead atoms. The van der Waals surface area contributed by atoms with E-state index in [2.05, 4.69) is 18.2 Å². The van der Waals surface area contributed by atoms with Gasteiger partial charge in [-0.25, -0.2) is 0 Å². The Labute approximate surface area is 145 Å². The van der Waals surface area contributed by atoms with Crippen LogP contribution in [0.15, 0.2) is 48.5 Å². The van der Waals surface area contributed by atoms with Crippen LogP contribution in [-0.2, 0) is 5.41 Å². The first-order chi connectivity index (χ1) is 11.6. The van der Waals surface area contributed by atoms with Crippen LogP contribution in [0.5, 0.6) is 5.75 Å². The molecule has 2 atom stereocenters. The van der Waals surface area contributed by atoms with E-state index in [0.717, 1.165) is 5.56 Å². The van der Waals surface area contributed by atoms with Crippen LogP contribution in [-0.4, -0.2) is 7.11 Å². The summed E-state index contributed by atoms with van der Waals surface area (Å²) in [5, 5.41) is 29.8. The average molecular weight is 334 g/mol. The summed E-state index contributed by atoms with van der Waals surface area (Å²) < 4.78 is 5.14. The highest BCUT2D eigenvalue weighted by molar-refractivity contribution is 6.30. The highest BCUT2D eigenvalue weighted by Crippen LogP contribution is 2.74. The smallest absolute Gasteiger partial charge is 0.175 e. The lowest BCUT2D eigenvalue weighted by Crippen LogP contribution is -2.14. The number of ether oxygens (including phenoxy) is 1. The molecule has 0 aliphatic heterocycles. The van der Waals surface area contributed by atoms with Crippen molar-refractivity contribution in [2.45, 2.75) is 11.3 Å². The van der Waals surface area contributed by atoms with Gasteiger partial charge >= 0.3 is 0 Å². The van der Waals surface area contributed by atoms with Crippen molar-refractivity contribution < 1.29 is 4.74 Å². The molecule has 1 saturated carbocycles. The Kier molecular flexibility index (Phi) is 3.69. The molecule has 0 radical (unpaired) electrons. The van der Waals surface area contributed by atoms with Crippen molar-refractivity contribution in [1.82, 2.24) is 0 Å². The summed E-state index contributed by atoms with van der Waals surface area (Å²) in [5.41, 5.74) is -1.26. The number of halogens is 1.